The fourth-order valence-corrected chi connectivity index (χ4v) is 5.01. The molecule has 0 spiro atoms. The predicted octanol–water partition coefficient (Wildman–Crippen LogP) is 7.23. The minimum atomic E-state index is -0.734. The van der Waals surface area contributed by atoms with Gasteiger partial charge in [-0.15, -0.1) is 0 Å². The van der Waals surface area contributed by atoms with E-state index < -0.39 is 30.7 Å². The zero-order valence-corrected chi connectivity index (χ0v) is 24.6. The maximum atomic E-state index is 6.69. The Kier molecular flexibility index (Phi) is 11.9. The lowest BCUT2D eigenvalue weighted by molar-refractivity contribution is -0.318. The van der Waals surface area contributed by atoms with Gasteiger partial charge in [0, 0.05) is 0 Å². The highest BCUT2D eigenvalue weighted by molar-refractivity contribution is 5.16. The molecule has 224 valence electrons. The fourth-order valence-electron chi connectivity index (χ4n) is 5.01. The second-order valence-electron chi connectivity index (χ2n) is 10.4. The monoisotopic (exact) mass is 580 g/mol. The second kappa shape index (κ2) is 16.8. The van der Waals surface area contributed by atoms with E-state index in [1.165, 1.54) is 0 Å². The zero-order valence-electron chi connectivity index (χ0n) is 24.6. The van der Waals surface area contributed by atoms with E-state index in [1.807, 2.05) is 134 Å². The van der Waals surface area contributed by atoms with Crippen LogP contribution in [-0.2, 0) is 54.8 Å². The molecule has 5 atom stereocenters. The van der Waals surface area contributed by atoms with E-state index in [9.17, 15) is 0 Å². The number of rotatable bonds is 15. The van der Waals surface area contributed by atoms with Gasteiger partial charge in [0.25, 0.3) is 0 Å². The van der Waals surface area contributed by atoms with Crippen LogP contribution >= 0.6 is 0 Å². The fraction of sp³-hybridized carbons (Fsp3) is 0.297. The Labute approximate surface area is 254 Å². The summed E-state index contributed by atoms with van der Waals surface area (Å²) in [6, 6.07) is 40.4. The third kappa shape index (κ3) is 9.35. The summed E-state index contributed by atoms with van der Waals surface area (Å²) in [5.74, 6) is 0. The maximum Gasteiger partial charge on any atom is 0.228 e. The van der Waals surface area contributed by atoms with Crippen LogP contribution in [0.25, 0.3) is 0 Å². The van der Waals surface area contributed by atoms with Crippen molar-refractivity contribution in [2.45, 2.75) is 64.1 Å². The highest BCUT2D eigenvalue weighted by atomic mass is 16.7. The van der Waals surface area contributed by atoms with Crippen molar-refractivity contribution in [2.75, 3.05) is 6.61 Å². The van der Waals surface area contributed by atoms with Crippen molar-refractivity contribution in [1.29, 1.82) is 0 Å². The number of hydrogen-bond acceptors (Lipinski definition) is 6. The Morgan fingerprint density at radius 2 is 0.953 bits per heavy atom. The number of ether oxygens (including phenoxy) is 6. The molecule has 0 aromatic heterocycles. The molecule has 1 heterocycles. The van der Waals surface area contributed by atoms with Crippen LogP contribution in [0.15, 0.2) is 134 Å². The summed E-state index contributed by atoms with van der Waals surface area (Å²) >= 11 is 0. The molecule has 43 heavy (non-hydrogen) atoms. The lowest BCUT2D eigenvalue weighted by Crippen LogP contribution is -2.61. The van der Waals surface area contributed by atoms with Crippen LogP contribution in [0.4, 0.5) is 0 Å². The third-order valence-electron chi connectivity index (χ3n) is 7.19. The van der Waals surface area contributed by atoms with Gasteiger partial charge < -0.3 is 28.4 Å². The Bertz CT molecular complexity index is 1330. The molecule has 1 saturated heterocycles. The summed E-state index contributed by atoms with van der Waals surface area (Å²) in [6.07, 6.45) is 0.669. The molecule has 4 aromatic carbocycles. The summed E-state index contributed by atoms with van der Waals surface area (Å²) in [7, 11) is 0. The summed E-state index contributed by atoms with van der Waals surface area (Å²) in [6.45, 7) is 3.79. The van der Waals surface area contributed by atoms with Crippen molar-refractivity contribution in [2.24, 2.45) is 0 Å². The average Bonchev–Trinajstić information content (AvgIpc) is 3.07. The van der Waals surface area contributed by atoms with Gasteiger partial charge in [-0.05, 0) is 29.2 Å². The lowest BCUT2D eigenvalue weighted by atomic mass is 9.97. The van der Waals surface area contributed by atoms with Crippen LogP contribution < -0.4 is 0 Å². The van der Waals surface area contributed by atoms with Gasteiger partial charge in [0.1, 0.15) is 24.4 Å². The lowest BCUT2D eigenvalue weighted by Gasteiger charge is -2.45. The first kappa shape index (κ1) is 30.7. The third-order valence-corrected chi connectivity index (χ3v) is 7.19. The van der Waals surface area contributed by atoms with Crippen LogP contribution in [0.1, 0.15) is 29.2 Å². The van der Waals surface area contributed by atoms with E-state index in [2.05, 4.69) is 0 Å². The predicted molar refractivity (Wildman–Crippen MR) is 166 cm³/mol. The molecule has 4 aromatic rings. The first-order valence-electron chi connectivity index (χ1n) is 14.8. The largest absolute Gasteiger partial charge is 0.470 e. The van der Waals surface area contributed by atoms with E-state index in [0.29, 0.717) is 33.0 Å². The molecular weight excluding hydrogens is 540 g/mol. The molecule has 0 radical (unpaired) electrons. The molecule has 6 heteroatoms. The van der Waals surface area contributed by atoms with Crippen LogP contribution in [0.3, 0.4) is 0 Å². The van der Waals surface area contributed by atoms with Crippen molar-refractivity contribution < 1.29 is 28.4 Å². The summed E-state index contributed by atoms with van der Waals surface area (Å²) in [5.41, 5.74) is 4.25. The van der Waals surface area contributed by atoms with E-state index in [-0.39, 0.29) is 0 Å². The molecule has 6 nitrogen and oxygen atoms in total. The molecule has 0 N–H and O–H groups in total. The first-order chi connectivity index (χ1) is 21.3. The van der Waals surface area contributed by atoms with Gasteiger partial charge in [-0.3, -0.25) is 0 Å². The minimum absolute atomic E-state index is 0.292. The quantitative estimate of drug-likeness (QED) is 0.138. The second-order valence-corrected chi connectivity index (χ2v) is 10.4. The standard InChI is InChI=1S/C37H40O6/c1-2-23-39-37-36(42-27-32-21-13-6-14-22-32)35(41-26-31-19-11-5-12-20-31)34(40-25-30-17-9-4-10-18-30)33(43-37)28-38-24-29-15-7-3-8-16-29/h2-23,33-37H,24-28H2,1H3/b23-2-/t33-,34-,35+,36-,37+/m1/s1. The SMILES string of the molecule is C/C=C\O[C@H]1O[C@H](COCc2ccccc2)[C@@H](OCc2ccccc2)[C@H](OCc2ccccc2)[C@H]1OCc1ccccc1. The Morgan fingerprint density at radius 3 is 1.42 bits per heavy atom. The van der Waals surface area contributed by atoms with Crippen LogP contribution in [-0.4, -0.2) is 37.3 Å². The Balaban J connectivity index is 1.42. The van der Waals surface area contributed by atoms with Crippen molar-refractivity contribution >= 4 is 0 Å². The maximum absolute atomic E-state index is 6.69. The molecule has 0 unspecified atom stereocenters. The van der Waals surface area contributed by atoms with Gasteiger partial charge in [-0.25, -0.2) is 0 Å². The smallest absolute Gasteiger partial charge is 0.228 e. The van der Waals surface area contributed by atoms with Crippen molar-refractivity contribution in [3.05, 3.63) is 156 Å². The Morgan fingerprint density at radius 1 is 0.535 bits per heavy atom. The van der Waals surface area contributed by atoms with Crippen molar-refractivity contribution in [1.82, 2.24) is 0 Å². The van der Waals surface area contributed by atoms with Crippen LogP contribution in [0.2, 0.25) is 0 Å². The van der Waals surface area contributed by atoms with Gasteiger partial charge in [-0.1, -0.05) is 127 Å². The van der Waals surface area contributed by atoms with Gasteiger partial charge in [0.15, 0.2) is 0 Å². The van der Waals surface area contributed by atoms with Gasteiger partial charge in [-0.2, -0.15) is 0 Å². The molecule has 0 bridgehead atoms. The molecular formula is C37H40O6. The number of benzene rings is 4. The van der Waals surface area contributed by atoms with Crippen LogP contribution in [0.5, 0.6) is 0 Å². The molecule has 1 aliphatic heterocycles. The van der Waals surface area contributed by atoms with Crippen molar-refractivity contribution in [3.63, 3.8) is 0 Å². The summed E-state index contributed by atoms with van der Waals surface area (Å²) in [4.78, 5) is 0. The summed E-state index contributed by atoms with van der Waals surface area (Å²) < 4.78 is 38.8. The minimum Gasteiger partial charge on any atom is -0.470 e. The summed E-state index contributed by atoms with van der Waals surface area (Å²) in [5, 5.41) is 0. The highest BCUT2D eigenvalue weighted by Gasteiger charge is 2.49. The molecule has 0 amide bonds. The topological polar surface area (TPSA) is 55.4 Å². The van der Waals surface area contributed by atoms with Gasteiger partial charge >= 0.3 is 0 Å². The van der Waals surface area contributed by atoms with Gasteiger partial charge in [0.2, 0.25) is 6.29 Å². The molecule has 1 aliphatic rings. The van der Waals surface area contributed by atoms with Crippen molar-refractivity contribution in [3.8, 4) is 0 Å². The molecule has 0 saturated carbocycles. The van der Waals surface area contributed by atoms with E-state index in [1.54, 1.807) is 6.26 Å². The molecule has 0 aliphatic carbocycles. The van der Waals surface area contributed by atoms with Crippen LogP contribution in [0, 0.1) is 0 Å². The highest BCUT2D eigenvalue weighted by Crippen LogP contribution is 2.31. The number of hydrogen-bond donors (Lipinski definition) is 0. The zero-order chi connectivity index (χ0) is 29.5. The average molecular weight is 581 g/mol. The van der Waals surface area contributed by atoms with E-state index in [0.717, 1.165) is 22.3 Å². The molecule has 1 fully saturated rings. The van der Waals surface area contributed by atoms with Gasteiger partial charge in [0.05, 0.1) is 39.3 Å². The first-order valence-corrected chi connectivity index (χ1v) is 14.8. The van der Waals surface area contributed by atoms with E-state index >= 15 is 0 Å². The Hall–Kier alpha value is -3.78. The normalized spacial score (nSPS) is 22.0. The molecule has 5 rings (SSSR count). The van der Waals surface area contributed by atoms with E-state index in [4.69, 9.17) is 28.4 Å². The number of allylic oxidation sites excluding steroid dienone is 1.